The fraction of sp³-hybridized carbons (Fsp3) is 0.231. The Bertz CT molecular complexity index is 524. The molecule has 1 unspecified atom stereocenters. The van der Waals surface area contributed by atoms with E-state index in [-0.39, 0.29) is 6.04 Å². The highest BCUT2D eigenvalue weighted by Crippen LogP contribution is 2.31. The summed E-state index contributed by atoms with van der Waals surface area (Å²) in [6.07, 6.45) is 0. The van der Waals surface area contributed by atoms with Crippen LogP contribution in [0, 0.1) is 10.5 Å². The van der Waals surface area contributed by atoms with Gasteiger partial charge >= 0.3 is 0 Å². The number of benzene rings is 1. The summed E-state index contributed by atoms with van der Waals surface area (Å²) < 4.78 is 1.23. The lowest BCUT2D eigenvalue weighted by atomic mass is 10.00. The summed E-state index contributed by atoms with van der Waals surface area (Å²) in [6.45, 7) is 2.15. The normalized spacial score (nSPS) is 12.7. The van der Waals surface area contributed by atoms with Gasteiger partial charge < -0.3 is 5.32 Å². The van der Waals surface area contributed by atoms with E-state index in [1.165, 1.54) is 19.6 Å². The fourth-order valence-electron chi connectivity index (χ4n) is 1.91. The van der Waals surface area contributed by atoms with Gasteiger partial charge in [-0.05, 0) is 77.3 Å². The molecule has 0 fully saturated rings. The molecule has 0 spiro atoms. The van der Waals surface area contributed by atoms with Crippen LogP contribution in [0.1, 0.15) is 22.0 Å². The minimum Gasteiger partial charge on any atom is -0.309 e. The van der Waals surface area contributed by atoms with Crippen molar-refractivity contribution in [1.82, 2.24) is 5.32 Å². The van der Waals surface area contributed by atoms with Gasteiger partial charge in [0, 0.05) is 13.5 Å². The molecule has 2 rings (SSSR count). The van der Waals surface area contributed by atoms with Crippen molar-refractivity contribution in [1.29, 1.82) is 0 Å². The average molecular weight is 378 g/mol. The molecule has 0 aliphatic rings. The molecule has 1 heterocycles. The smallest absolute Gasteiger partial charge is 0.0596 e. The molecule has 4 heteroatoms. The maximum absolute atomic E-state index is 6.09. The second-order valence-corrected chi connectivity index (χ2v) is 6.54. The van der Waals surface area contributed by atoms with Gasteiger partial charge in [0.1, 0.15) is 0 Å². The zero-order chi connectivity index (χ0) is 12.4. The van der Waals surface area contributed by atoms with Gasteiger partial charge in [-0.25, -0.2) is 0 Å². The highest BCUT2D eigenvalue weighted by molar-refractivity contribution is 14.1. The monoisotopic (exact) mass is 377 g/mol. The van der Waals surface area contributed by atoms with Gasteiger partial charge in [0.15, 0.2) is 0 Å². The molecule has 1 atom stereocenters. The SMILES string of the molecule is CNC(c1cc(Cl)ccc1I)c1ccsc1C. The fourth-order valence-corrected chi connectivity index (χ4v) is 3.48. The Kier molecular flexibility index (Phi) is 4.47. The van der Waals surface area contributed by atoms with Crippen LogP contribution in [0.5, 0.6) is 0 Å². The zero-order valence-corrected chi connectivity index (χ0v) is 13.4. The molecule has 0 saturated heterocycles. The predicted octanol–water partition coefficient (Wildman–Crippen LogP) is 4.62. The van der Waals surface area contributed by atoms with E-state index < -0.39 is 0 Å². The molecule has 0 saturated carbocycles. The molecular weight excluding hydrogens is 365 g/mol. The topological polar surface area (TPSA) is 12.0 Å². The first kappa shape index (κ1) is 13.3. The summed E-state index contributed by atoms with van der Waals surface area (Å²) >= 11 is 10.2. The summed E-state index contributed by atoms with van der Waals surface area (Å²) in [7, 11) is 1.98. The van der Waals surface area contributed by atoms with Crippen LogP contribution in [0.3, 0.4) is 0 Å². The van der Waals surface area contributed by atoms with E-state index in [0.29, 0.717) is 0 Å². The summed E-state index contributed by atoms with van der Waals surface area (Å²) in [6, 6.07) is 8.43. The number of hydrogen-bond acceptors (Lipinski definition) is 2. The minimum atomic E-state index is 0.215. The van der Waals surface area contributed by atoms with Gasteiger partial charge in [-0.3, -0.25) is 0 Å². The molecule has 1 N–H and O–H groups in total. The second-order valence-electron chi connectivity index (χ2n) is 3.82. The van der Waals surface area contributed by atoms with E-state index in [9.17, 15) is 0 Å². The molecule has 2 aromatic rings. The van der Waals surface area contributed by atoms with Gasteiger partial charge in [0.05, 0.1) is 6.04 Å². The number of nitrogens with one attached hydrogen (secondary N) is 1. The lowest BCUT2D eigenvalue weighted by molar-refractivity contribution is 0.688. The first-order valence-electron chi connectivity index (χ1n) is 5.29. The number of halogens is 2. The maximum Gasteiger partial charge on any atom is 0.0596 e. The van der Waals surface area contributed by atoms with Crippen molar-refractivity contribution in [2.45, 2.75) is 13.0 Å². The Hall–Kier alpha value is -0.100. The maximum atomic E-state index is 6.09. The molecule has 0 aliphatic heterocycles. The van der Waals surface area contributed by atoms with Crippen LogP contribution in [0.25, 0.3) is 0 Å². The molecule has 0 amide bonds. The van der Waals surface area contributed by atoms with Crippen molar-refractivity contribution in [2.75, 3.05) is 7.05 Å². The zero-order valence-electron chi connectivity index (χ0n) is 9.63. The van der Waals surface area contributed by atoms with Crippen LogP contribution in [-0.2, 0) is 0 Å². The Morgan fingerprint density at radius 1 is 1.29 bits per heavy atom. The highest BCUT2D eigenvalue weighted by Gasteiger charge is 2.17. The Morgan fingerprint density at radius 2 is 2.06 bits per heavy atom. The molecule has 90 valence electrons. The van der Waals surface area contributed by atoms with Crippen LogP contribution in [0.4, 0.5) is 0 Å². The van der Waals surface area contributed by atoms with E-state index in [4.69, 9.17) is 11.6 Å². The molecule has 0 aliphatic carbocycles. The van der Waals surface area contributed by atoms with Gasteiger partial charge in [0.25, 0.3) is 0 Å². The molecule has 1 aromatic carbocycles. The lowest BCUT2D eigenvalue weighted by Gasteiger charge is -2.18. The quantitative estimate of drug-likeness (QED) is 0.769. The molecule has 0 radical (unpaired) electrons. The second kappa shape index (κ2) is 5.69. The van der Waals surface area contributed by atoms with Crippen molar-refractivity contribution in [3.63, 3.8) is 0 Å². The Balaban J connectivity index is 2.49. The van der Waals surface area contributed by atoms with E-state index in [1.54, 1.807) is 11.3 Å². The van der Waals surface area contributed by atoms with Gasteiger partial charge in [-0.1, -0.05) is 11.6 Å². The van der Waals surface area contributed by atoms with Crippen LogP contribution in [-0.4, -0.2) is 7.05 Å². The van der Waals surface area contributed by atoms with Crippen LogP contribution in [0.15, 0.2) is 29.6 Å². The molecule has 0 bridgehead atoms. The van der Waals surface area contributed by atoms with Gasteiger partial charge in [-0.2, -0.15) is 0 Å². The standard InChI is InChI=1S/C13H13ClINS/c1-8-10(5-6-17-8)13(16-2)11-7-9(14)3-4-12(11)15/h3-7,13,16H,1-2H3. The molecule has 17 heavy (non-hydrogen) atoms. The number of hydrogen-bond donors (Lipinski definition) is 1. The molecule has 1 aromatic heterocycles. The number of aryl methyl sites for hydroxylation is 1. The summed E-state index contributed by atoms with van der Waals surface area (Å²) in [5.41, 5.74) is 2.57. The van der Waals surface area contributed by atoms with Crippen LogP contribution in [0.2, 0.25) is 5.02 Å². The first-order valence-corrected chi connectivity index (χ1v) is 7.63. The van der Waals surface area contributed by atoms with Crippen molar-refractivity contribution < 1.29 is 0 Å². The molecule has 1 nitrogen and oxygen atoms in total. The minimum absolute atomic E-state index is 0.215. The summed E-state index contributed by atoms with van der Waals surface area (Å²) in [5.74, 6) is 0. The Labute approximate surface area is 124 Å². The largest absolute Gasteiger partial charge is 0.309 e. The van der Waals surface area contributed by atoms with Crippen molar-refractivity contribution in [2.24, 2.45) is 0 Å². The number of rotatable bonds is 3. The first-order chi connectivity index (χ1) is 8.13. The lowest BCUT2D eigenvalue weighted by Crippen LogP contribution is -2.18. The van der Waals surface area contributed by atoms with Crippen molar-refractivity contribution in [3.05, 3.63) is 54.2 Å². The van der Waals surface area contributed by atoms with E-state index in [1.807, 2.05) is 19.2 Å². The highest BCUT2D eigenvalue weighted by atomic mass is 127. The van der Waals surface area contributed by atoms with E-state index in [0.717, 1.165) is 5.02 Å². The third-order valence-electron chi connectivity index (χ3n) is 2.77. The van der Waals surface area contributed by atoms with E-state index in [2.05, 4.69) is 52.3 Å². The third kappa shape index (κ3) is 2.84. The number of thiophene rings is 1. The average Bonchev–Trinajstić information content (AvgIpc) is 2.71. The third-order valence-corrected chi connectivity index (χ3v) is 4.85. The van der Waals surface area contributed by atoms with Gasteiger partial charge in [-0.15, -0.1) is 11.3 Å². The summed E-state index contributed by atoms with van der Waals surface area (Å²) in [4.78, 5) is 1.35. The van der Waals surface area contributed by atoms with Crippen LogP contribution >= 0.6 is 45.5 Å². The Morgan fingerprint density at radius 3 is 2.65 bits per heavy atom. The molecular formula is C13H13ClINS. The van der Waals surface area contributed by atoms with Gasteiger partial charge in [0.2, 0.25) is 0 Å². The van der Waals surface area contributed by atoms with Crippen LogP contribution < -0.4 is 5.32 Å². The van der Waals surface area contributed by atoms with Crippen molar-refractivity contribution in [3.8, 4) is 0 Å². The summed E-state index contributed by atoms with van der Waals surface area (Å²) in [5, 5.41) is 6.29. The van der Waals surface area contributed by atoms with Crippen molar-refractivity contribution >= 4 is 45.5 Å². The van der Waals surface area contributed by atoms with E-state index >= 15 is 0 Å². The predicted molar refractivity (Wildman–Crippen MR) is 84.1 cm³/mol.